The van der Waals surface area contributed by atoms with Crippen LogP contribution in [0.3, 0.4) is 0 Å². The van der Waals surface area contributed by atoms with Crippen molar-refractivity contribution in [3.05, 3.63) is 54.0 Å². The smallest absolute Gasteiger partial charge is 0.276 e. The first-order valence-corrected chi connectivity index (χ1v) is 9.87. The molecule has 5 N–H and O–H groups in total. The molecule has 1 fully saturated rings. The number of nitrogens with two attached hydrogens (primary N) is 2. The number of nitriles is 1. The van der Waals surface area contributed by atoms with E-state index in [9.17, 15) is 4.79 Å². The molecule has 1 aliphatic rings. The number of nitrogen functional groups attached to an aromatic ring is 1. The van der Waals surface area contributed by atoms with Crippen molar-refractivity contribution in [2.75, 3.05) is 29.0 Å². The van der Waals surface area contributed by atoms with Crippen LogP contribution in [0.15, 0.2) is 42.7 Å². The van der Waals surface area contributed by atoms with Crippen molar-refractivity contribution in [2.45, 2.75) is 25.3 Å². The number of pyridine rings is 2. The fraction of sp³-hybridized carbons (Fsp3) is 0.273. The molecule has 30 heavy (non-hydrogen) atoms. The van der Waals surface area contributed by atoms with E-state index in [1.807, 2.05) is 18.2 Å². The van der Waals surface area contributed by atoms with E-state index in [1.54, 1.807) is 24.5 Å². The highest BCUT2D eigenvalue weighted by molar-refractivity contribution is 6.09. The first-order chi connectivity index (χ1) is 14.5. The summed E-state index contributed by atoms with van der Waals surface area (Å²) in [7, 11) is 0. The molecule has 3 aromatic rings. The Bertz CT molecular complexity index is 1140. The third-order valence-electron chi connectivity index (χ3n) is 5.25. The highest BCUT2D eigenvalue weighted by Crippen LogP contribution is 2.28. The molecule has 0 aliphatic carbocycles. The van der Waals surface area contributed by atoms with Crippen LogP contribution in [0.2, 0.25) is 0 Å². The van der Waals surface area contributed by atoms with Gasteiger partial charge in [-0.05, 0) is 36.6 Å². The average molecular weight is 401 g/mol. The van der Waals surface area contributed by atoms with E-state index >= 15 is 0 Å². The minimum atomic E-state index is -0.407. The lowest BCUT2D eigenvalue weighted by atomic mass is 10.1. The quantitative estimate of drug-likeness (QED) is 0.611. The second-order valence-corrected chi connectivity index (χ2v) is 7.48. The summed E-state index contributed by atoms with van der Waals surface area (Å²) in [5.41, 5.74) is 15.6. The summed E-state index contributed by atoms with van der Waals surface area (Å²) in [6.45, 7) is 1.60. The van der Waals surface area contributed by atoms with Crippen molar-refractivity contribution in [1.29, 1.82) is 5.26 Å². The van der Waals surface area contributed by atoms with Gasteiger partial charge in [-0.3, -0.25) is 9.78 Å². The Hall–Kier alpha value is -3.70. The molecule has 0 saturated carbocycles. The van der Waals surface area contributed by atoms with Crippen LogP contribution in [0, 0.1) is 11.3 Å². The lowest BCUT2D eigenvalue weighted by molar-refractivity contribution is 0.102. The SMILES string of the molecule is N#CCc1ccc2cc(N)c(C(=O)Nc3cnccc3N3CCC[C@H](N)C3)nc2c1. The number of hydrogen-bond acceptors (Lipinski definition) is 7. The number of aromatic nitrogens is 2. The number of carbonyl (C=O) groups excluding carboxylic acids is 1. The van der Waals surface area contributed by atoms with Gasteiger partial charge in [0.05, 0.1) is 41.3 Å². The highest BCUT2D eigenvalue weighted by atomic mass is 16.1. The van der Waals surface area contributed by atoms with E-state index in [4.69, 9.17) is 16.7 Å². The Morgan fingerprint density at radius 1 is 1.33 bits per heavy atom. The first kappa shape index (κ1) is 19.6. The monoisotopic (exact) mass is 401 g/mol. The van der Waals surface area contributed by atoms with Gasteiger partial charge >= 0.3 is 0 Å². The van der Waals surface area contributed by atoms with Gasteiger partial charge in [-0.1, -0.05) is 12.1 Å². The summed E-state index contributed by atoms with van der Waals surface area (Å²) in [5.74, 6) is -0.407. The predicted molar refractivity (Wildman–Crippen MR) is 117 cm³/mol. The molecule has 1 amide bonds. The van der Waals surface area contributed by atoms with Crippen LogP contribution in [-0.2, 0) is 6.42 Å². The van der Waals surface area contributed by atoms with Crippen molar-refractivity contribution in [3.8, 4) is 6.07 Å². The van der Waals surface area contributed by atoms with Crippen LogP contribution in [0.4, 0.5) is 17.1 Å². The van der Waals surface area contributed by atoms with Crippen LogP contribution < -0.4 is 21.7 Å². The molecule has 0 bridgehead atoms. The van der Waals surface area contributed by atoms with Crippen molar-refractivity contribution < 1.29 is 4.79 Å². The number of amides is 1. The van der Waals surface area contributed by atoms with E-state index in [-0.39, 0.29) is 18.2 Å². The van der Waals surface area contributed by atoms with Gasteiger partial charge in [-0.15, -0.1) is 0 Å². The molecule has 1 saturated heterocycles. The number of hydrogen-bond donors (Lipinski definition) is 3. The van der Waals surface area contributed by atoms with Crippen molar-refractivity contribution >= 4 is 33.9 Å². The lowest BCUT2D eigenvalue weighted by Crippen LogP contribution is -2.43. The highest BCUT2D eigenvalue weighted by Gasteiger charge is 2.21. The van der Waals surface area contributed by atoms with Crippen LogP contribution in [0.25, 0.3) is 10.9 Å². The molecule has 8 heteroatoms. The Kier molecular flexibility index (Phi) is 5.46. The standard InChI is InChI=1S/C22H23N7O/c23-7-5-14-3-4-15-11-17(25)21(27-18(15)10-14)22(30)28-19-12-26-8-6-20(19)29-9-1-2-16(24)13-29/h3-4,6,8,10-12,16H,1-2,5,9,13,24-25H2,(H,28,30)/t16-/m0/s1. The van der Waals surface area contributed by atoms with Gasteiger partial charge in [0, 0.05) is 30.7 Å². The molecule has 3 heterocycles. The molecule has 0 unspecified atom stereocenters. The van der Waals surface area contributed by atoms with E-state index in [0.29, 0.717) is 16.9 Å². The maximum Gasteiger partial charge on any atom is 0.276 e. The summed E-state index contributed by atoms with van der Waals surface area (Å²) in [6.07, 6.45) is 5.59. The Labute approximate surface area is 174 Å². The molecule has 2 aromatic heterocycles. The number of anilines is 3. The summed E-state index contributed by atoms with van der Waals surface area (Å²) < 4.78 is 0. The molecule has 152 valence electrons. The summed E-state index contributed by atoms with van der Waals surface area (Å²) in [6, 6.07) is 11.3. The number of fused-ring (bicyclic) bond motifs is 1. The molecule has 1 aromatic carbocycles. The molecule has 0 radical (unpaired) electrons. The van der Waals surface area contributed by atoms with Gasteiger partial charge < -0.3 is 21.7 Å². The average Bonchev–Trinajstić information content (AvgIpc) is 2.74. The molecule has 1 aliphatic heterocycles. The third kappa shape index (κ3) is 4.02. The van der Waals surface area contributed by atoms with Crippen molar-refractivity contribution in [1.82, 2.24) is 9.97 Å². The number of nitrogens with one attached hydrogen (secondary N) is 1. The Morgan fingerprint density at radius 3 is 3.00 bits per heavy atom. The van der Waals surface area contributed by atoms with Crippen LogP contribution in [-0.4, -0.2) is 35.0 Å². The van der Waals surface area contributed by atoms with E-state index in [0.717, 1.165) is 42.6 Å². The molecular weight excluding hydrogens is 378 g/mol. The lowest BCUT2D eigenvalue weighted by Gasteiger charge is -2.33. The number of carbonyl (C=O) groups is 1. The van der Waals surface area contributed by atoms with Crippen LogP contribution in [0.1, 0.15) is 28.9 Å². The van der Waals surface area contributed by atoms with Gasteiger partial charge in [-0.25, -0.2) is 4.98 Å². The number of piperidine rings is 1. The van der Waals surface area contributed by atoms with Gasteiger partial charge in [0.15, 0.2) is 5.69 Å². The summed E-state index contributed by atoms with van der Waals surface area (Å²) >= 11 is 0. The molecule has 1 atom stereocenters. The number of benzene rings is 1. The van der Waals surface area contributed by atoms with E-state index in [1.165, 1.54) is 0 Å². The Morgan fingerprint density at radius 2 is 2.20 bits per heavy atom. The van der Waals surface area contributed by atoms with Gasteiger partial charge in [0.25, 0.3) is 5.91 Å². The van der Waals surface area contributed by atoms with Gasteiger partial charge in [0.1, 0.15) is 0 Å². The van der Waals surface area contributed by atoms with Gasteiger partial charge in [0.2, 0.25) is 0 Å². The molecule has 4 rings (SSSR count). The molecule has 8 nitrogen and oxygen atoms in total. The normalized spacial score (nSPS) is 16.3. The minimum absolute atomic E-state index is 0.107. The predicted octanol–water partition coefficient (Wildman–Crippen LogP) is 2.46. The molecular formula is C22H23N7O. The van der Waals surface area contributed by atoms with E-state index < -0.39 is 5.91 Å². The maximum atomic E-state index is 13.0. The van der Waals surface area contributed by atoms with Crippen LogP contribution in [0.5, 0.6) is 0 Å². The molecule has 0 spiro atoms. The van der Waals surface area contributed by atoms with Crippen LogP contribution >= 0.6 is 0 Å². The fourth-order valence-corrected chi connectivity index (χ4v) is 3.78. The summed E-state index contributed by atoms with van der Waals surface area (Å²) in [5, 5.41) is 12.6. The zero-order valence-corrected chi connectivity index (χ0v) is 16.5. The Balaban J connectivity index is 1.63. The zero-order valence-electron chi connectivity index (χ0n) is 16.5. The fourth-order valence-electron chi connectivity index (χ4n) is 3.78. The largest absolute Gasteiger partial charge is 0.397 e. The number of rotatable bonds is 4. The van der Waals surface area contributed by atoms with Gasteiger partial charge in [-0.2, -0.15) is 5.26 Å². The first-order valence-electron chi connectivity index (χ1n) is 9.87. The van der Waals surface area contributed by atoms with Crippen molar-refractivity contribution in [3.63, 3.8) is 0 Å². The summed E-state index contributed by atoms with van der Waals surface area (Å²) in [4.78, 5) is 23.8. The number of nitrogens with zero attached hydrogens (tertiary/aromatic N) is 4. The third-order valence-corrected chi connectivity index (χ3v) is 5.25. The van der Waals surface area contributed by atoms with Crippen molar-refractivity contribution in [2.24, 2.45) is 5.73 Å². The minimum Gasteiger partial charge on any atom is -0.397 e. The maximum absolute atomic E-state index is 13.0. The second kappa shape index (κ2) is 8.35. The van der Waals surface area contributed by atoms with E-state index in [2.05, 4.69) is 26.3 Å². The zero-order chi connectivity index (χ0) is 21.1. The topological polar surface area (TPSA) is 134 Å². The second-order valence-electron chi connectivity index (χ2n) is 7.48.